The molecule has 0 radical (unpaired) electrons. The second-order valence-electron chi connectivity index (χ2n) is 4.18. The highest BCUT2D eigenvalue weighted by molar-refractivity contribution is 8.13. The Morgan fingerprint density at radius 1 is 1.26 bits per heavy atom. The first-order valence-electron chi connectivity index (χ1n) is 5.39. The first-order valence-corrected chi connectivity index (χ1v) is 7.70. The molecular weight excluding hydrogens is 293 g/mol. The number of halogens is 2. The summed E-state index contributed by atoms with van der Waals surface area (Å²) >= 11 is 0. The van der Waals surface area contributed by atoms with Crippen LogP contribution in [0.5, 0.6) is 0 Å². The fourth-order valence-electron chi connectivity index (χ4n) is 1.85. The van der Waals surface area contributed by atoms with Crippen molar-refractivity contribution < 1.29 is 17.2 Å². The number of hydrogen-bond donors (Lipinski definition) is 0. The zero-order valence-electron chi connectivity index (χ0n) is 10.5. The summed E-state index contributed by atoms with van der Waals surface area (Å²) in [6.45, 7) is 4.83. The number of benzene rings is 1. The van der Waals surface area contributed by atoms with Crippen molar-refractivity contribution in [2.75, 3.05) is 0 Å². The van der Waals surface area contributed by atoms with Crippen LogP contribution in [0.4, 0.5) is 4.39 Å². The van der Waals surface area contributed by atoms with Crippen LogP contribution in [-0.4, -0.2) is 13.4 Å². The molecule has 2 aromatic rings. The Balaban J connectivity index is 2.74. The van der Waals surface area contributed by atoms with Gasteiger partial charge in [-0.3, -0.25) is 0 Å². The quantitative estimate of drug-likeness (QED) is 0.798. The molecule has 4 nitrogen and oxygen atoms in total. The molecule has 7 heteroatoms. The molecule has 0 aliphatic heterocycles. The second-order valence-corrected chi connectivity index (χ2v) is 6.72. The van der Waals surface area contributed by atoms with E-state index in [2.05, 4.69) is 4.98 Å². The Bertz CT molecular complexity index is 753. The van der Waals surface area contributed by atoms with Gasteiger partial charge in [0.1, 0.15) is 22.2 Å². The summed E-state index contributed by atoms with van der Waals surface area (Å²) in [5, 5.41) is 0. The molecule has 0 unspecified atom stereocenters. The van der Waals surface area contributed by atoms with Crippen LogP contribution < -0.4 is 0 Å². The molecule has 0 saturated heterocycles. The molecule has 0 atom stereocenters. The Kier molecular flexibility index (Phi) is 3.40. The Labute approximate surface area is 114 Å². The zero-order valence-corrected chi connectivity index (χ0v) is 12.1. The largest absolute Gasteiger partial charge is 0.446 e. The minimum atomic E-state index is -4.15. The highest BCUT2D eigenvalue weighted by atomic mass is 35.7. The molecule has 0 spiro atoms. The maximum absolute atomic E-state index is 13.8. The molecule has 1 heterocycles. The molecule has 0 amide bonds. The van der Waals surface area contributed by atoms with Crippen molar-refractivity contribution in [2.45, 2.75) is 25.7 Å². The van der Waals surface area contributed by atoms with Gasteiger partial charge >= 0.3 is 0 Å². The normalized spacial score (nSPS) is 11.8. The summed E-state index contributed by atoms with van der Waals surface area (Å²) in [7, 11) is 1.07. The minimum Gasteiger partial charge on any atom is -0.446 e. The van der Waals surface area contributed by atoms with E-state index < -0.39 is 19.8 Å². The fraction of sp³-hybridized carbons (Fsp3) is 0.250. The van der Waals surface area contributed by atoms with E-state index >= 15 is 0 Å². The van der Waals surface area contributed by atoms with Crippen molar-refractivity contribution in [3.63, 3.8) is 0 Å². The van der Waals surface area contributed by atoms with Gasteiger partial charge in [-0.05, 0) is 31.5 Å². The standard InChI is InChI=1S/C12H11ClFNO3S/c1-6-4-9(12-7(2)18-8(3)15-12)5-10(11(6)14)19(13,16)17/h4-5H,1-3H3. The molecule has 0 N–H and O–H groups in total. The lowest BCUT2D eigenvalue weighted by Crippen LogP contribution is -1.99. The van der Waals surface area contributed by atoms with Crippen LogP contribution in [-0.2, 0) is 9.05 Å². The van der Waals surface area contributed by atoms with Crippen molar-refractivity contribution in [3.05, 3.63) is 35.2 Å². The fourth-order valence-corrected chi connectivity index (χ4v) is 2.83. The van der Waals surface area contributed by atoms with Crippen LogP contribution in [0.25, 0.3) is 11.3 Å². The van der Waals surface area contributed by atoms with Gasteiger partial charge in [0, 0.05) is 23.2 Å². The van der Waals surface area contributed by atoms with Crippen molar-refractivity contribution in [1.29, 1.82) is 0 Å². The van der Waals surface area contributed by atoms with E-state index in [9.17, 15) is 12.8 Å². The highest BCUT2D eigenvalue weighted by Gasteiger charge is 2.21. The van der Waals surface area contributed by atoms with Crippen molar-refractivity contribution in [3.8, 4) is 11.3 Å². The first-order chi connectivity index (χ1) is 8.70. The second kappa shape index (κ2) is 4.61. The third kappa shape index (κ3) is 2.64. The van der Waals surface area contributed by atoms with E-state index in [1.807, 2.05) is 0 Å². The van der Waals surface area contributed by atoms with Gasteiger partial charge in [0.05, 0.1) is 0 Å². The summed E-state index contributed by atoms with van der Waals surface area (Å²) < 4.78 is 41.8. The van der Waals surface area contributed by atoms with Gasteiger partial charge in [0.15, 0.2) is 5.89 Å². The highest BCUT2D eigenvalue weighted by Crippen LogP contribution is 2.30. The van der Waals surface area contributed by atoms with Gasteiger partial charge in [-0.15, -0.1) is 0 Å². The first kappa shape index (κ1) is 14.0. The molecule has 1 aromatic heterocycles. The average Bonchev–Trinajstić information content (AvgIpc) is 2.60. The van der Waals surface area contributed by atoms with Crippen molar-refractivity contribution >= 4 is 19.7 Å². The van der Waals surface area contributed by atoms with Gasteiger partial charge in [0.2, 0.25) is 0 Å². The van der Waals surface area contributed by atoms with Crippen LogP contribution in [0.15, 0.2) is 21.4 Å². The van der Waals surface area contributed by atoms with Crippen LogP contribution in [0.1, 0.15) is 17.2 Å². The lowest BCUT2D eigenvalue weighted by molar-refractivity contribution is 0.494. The van der Waals surface area contributed by atoms with E-state index in [4.69, 9.17) is 15.1 Å². The van der Waals surface area contributed by atoms with Gasteiger partial charge in [-0.1, -0.05) is 0 Å². The number of aromatic nitrogens is 1. The number of hydrogen-bond acceptors (Lipinski definition) is 4. The monoisotopic (exact) mass is 303 g/mol. The van der Waals surface area contributed by atoms with Crippen molar-refractivity contribution in [2.24, 2.45) is 0 Å². The SMILES string of the molecule is Cc1nc(-c2cc(C)c(F)c(S(=O)(=O)Cl)c2)c(C)o1. The van der Waals surface area contributed by atoms with E-state index in [0.717, 1.165) is 6.07 Å². The van der Waals surface area contributed by atoms with Crippen LogP contribution in [0, 0.1) is 26.6 Å². The summed E-state index contributed by atoms with van der Waals surface area (Å²) in [5.41, 5.74) is 1.10. The van der Waals surface area contributed by atoms with Gasteiger partial charge in [-0.25, -0.2) is 17.8 Å². The minimum absolute atomic E-state index is 0.178. The lowest BCUT2D eigenvalue weighted by Gasteiger charge is -2.06. The predicted octanol–water partition coefficient (Wildman–Crippen LogP) is 3.33. The molecule has 2 rings (SSSR count). The van der Waals surface area contributed by atoms with Gasteiger partial charge < -0.3 is 4.42 Å². The Morgan fingerprint density at radius 2 is 1.89 bits per heavy atom. The summed E-state index contributed by atoms with van der Waals surface area (Å²) in [4.78, 5) is 3.60. The molecule has 0 saturated carbocycles. The van der Waals surface area contributed by atoms with E-state index in [0.29, 0.717) is 22.9 Å². The van der Waals surface area contributed by atoms with E-state index in [1.165, 1.54) is 13.0 Å². The lowest BCUT2D eigenvalue weighted by atomic mass is 10.1. The molecule has 0 fully saturated rings. The third-order valence-corrected chi connectivity index (χ3v) is 3.98. The molecule has 19 heavy (non-hydrogen) atoms. The molecule has 0 aliphatic rings. The maximum Gasteiger partial charge on any atom is 0.264 e. The molecular formula is C12H11ClFNO3S. The van der Waals surface area contributed by atoms with Crippen LogP contribution in [0.2, 0.25) is 0 Å². The number of rotatable bonds is 2. The van der Waals surface area contributed by atoms with E-state index in [-0.39, 0.29) is 5.56 Å². The molecule has 1 aromatic carbocycles. The molecule has 0 aliphatic carbocycles. The predicted molar refractivity (Wildman–Crippen MR) is 69.1 cm³/mol. The van der Waals surface area contributed by atoms with Gasteiger partial charge in [-0.2, -0.15) is 0 Å². The summed E-state index contributed by atoms with van der Waals surface area (Å²) in [6.07, 6.45) is 0. The topological polar surface area (TPSA) is 60.2 Å². The number of aryl methyl sites for hydroxylation is 3. The average molecular weight is 304 g/mol. The number of nitrogens with zero attached hydrogens (tertiary/aromatic N) is 1. The molecule has 102 valence electrons. The zero-order chi connectivity index (χ0) is 14.4. The Hall–Kier alpha value is -1.40. The summed E-state index contributed by atoms with van der Waals surface area (Å²) in [6, 6.07) is 2.67. The summed E-state index contributed by atoms with van der Waals surface area (Å²) in [5.74, 6) is 0.128. The van der Waals surface area contributed by atoms with E-state index in [1.54, 1.807) is 13.8 Å². The number of oxazole rings is 1. The third-order valence-electron chi connectivity index (χ3n) is 2.66. The molecule has 0 bridgehead atoms. The van der Waals surface area contributed by atoms with Crippen LogP contribution in [0.3, 0.4) is 0 Å². The van der Waals surface area contributed by atoms with Crippen LogP contribution >= 0.6 is 10.7 Å². The maximum atomic E-state index is 13.8. The van der Waals surface area contributed by atoms with Gasteiger partial charge in [0.25, 0.3) is 9.05 Å². The smallest absolute Gasteiger partial charge is 0.264 e. The Morgan fingerprint density at radius 3 is 2.37 bits per heavy atom. The van der Waals surface area contributed by atoms with Crippen molar-refractivity contribution in [1.82, 2.24) is 4.98 Å².